The summed E-state index contributed by atoms with van der Waals surface area (Å²) in [5.74, 6) is 0.893. The van der Waals surface area contributed by atoms with Crippen LogP contribution in [0.3, 0.4) is 0 Å². The molecule has 106 valence electrons. The number of likely N-dealkylation sites (N-methyl/N-ethyl adjacent to an activating group) is 1. The summed E-state index contributed by atoms with van der Waals surface area (Å²) < 4.78 is 5.18. The van der Waals surface area contributed by atoms with Crippen molar-refractivity contribution in [3.8, 4) is 5.75 Å². The van der Waals surface area contributed by atoms with Gasteiger partial charge in [-0.05, 0) is 37.1 Å². The SMILES string of the molecule is CCN(Cc1ccc(OC)cc1)C1CCCCC1O. The first-order chi connectivity index (χ1) is 9.24. The van der Waals surface area contributed by atoms with E-state index in [1.54, 1.807) is 7.11 Å². The maximum absolute atomic E-state index is 10.2. The van der Waals surface area contributed by atoms with Gasteiger partial charge in [-0.25, -0.2) is 0 Å². The van der Waals surface area contributed by atoms with Crippen molar-refractivity contribution in [2.75, 3.05) is 13.7 Å². The molecule has 0 spiro atoms. The molecule has 0 bridgehead atoms. The Kier molecular flexibility index (Phi) is 5.23. The predicted molar refractivity (Wildman–Crippen MR) is 77.3 cm³/mol. The monoisotopic (exact) mass is 263 g/mol. The van der Waals surface area contributed by atoms with Gasteiger partial charge in [0.1, 0.15) is 5.75 Å². The average molecular weight is 263 g/mol. The van der Waals surface area contributed by atoms with E-state index in [0.29, 0.717) is 6.04 Å². The van der Waals surface area contributed by atoms with Gasteiger partial charge >= 0.3 is 0 Å². The number of aliphatic hydroxyl groups excluding tert-OH is 1. The molecule has 1 fully saturated rings. The van der Waals surface area contributed by atoms with Crippen LogP contribution in [0.5, 0.6) is 5.75 Å². The Labute approximate surface area is 116 Å². The van der Waals surface area contributed by atoms with Gasteiger partial charge in [0.15, 0.2) is 0 Å². The van der Waals surface area contributed by atoms with Crippen LogP contribution >= 0.6 is 0 Å². The number of rotatable bonds is 5. The van der Waals surface area contributed by atoms with E-state index in [1.807, 2.05) is 12.1 Å². The molecule has 1 aromatic carbocycles. The second kappa shape index (κ2) is 6.92. The third-order valence-electron chi connectivity index (χ3n) is 4.11. The van der Waals surface area contributed by atoms with E-state index in [9.17, 15) is 5.11 Å². The zero-order chi connectivity index (χ0) is 13.7. The first-order valence-corrected chi connectivity index (χ1v) is 7.29. The molecule has 1 saturated carbocycles. The normalized spacial score (nSPS) is 23.6. The molecule has 0 saturated heterocycles. The van der Waals surface area contributed by atoms with E-state index >= 15 is 0 Å². The summed E-state index contributed by atoms with van der Waals surface area (Å²) in [6.45, 7) is 4.06. The standard InChI is InChI=1S/C16H25NO2/c1-3-17(15-6-4-5-7-16(15)18)12-13-8-10-14(19-2)11-9-13/h8-11,15-16,18H,3-7,12H2,1-2H3. The third-order valence-corrected chi connectivity index (χ3v) is 4.11. The number of hydrogen-bond donors (Lipinski definition) is 1. The van der Waals surface area contributed by atoms with Crippen molar-refractivity contribution >= 4 is 0 Å². The van der Waals surface area contributed by atoms with Crippen LogP contribution < -0.4 is 4.74 Å². The molecule has 2 unspecified atom stereocenters. The fraction of sp³-hybridized carbons (Fsp3) is 0.625. The zero-order valence-electron chi connectivity index (χ0n) is 12.0. The Morgan fingerprint density at radius 2 is 1.89 bits per heavy atom. The van der Waals surface area contributed by atoms with E-state index < -0.39 is 0 Å². The molecule has 3 nitrogen and oxygen atoms in total. The van der Waals surface area contributed by atoms with Gasteiger partial charge in [0.25, 0.3) is 0 Å². The topological polar surface area (TPSA) is 32.7 Å². The summed E-state index contributed by atoms with van der Waals surface area (Å²) in [4.78, 5) is 2.39. The van der Waals surface area contributed by atoms with Crippen molar-refractivity contribution in [2.45, 2.75) is 51.3 Å². The molecule has 19 heavy (non-hydrogen) atoms. The van der Waals surface area contributed by atoms with Crippen LogP contribution in [-0.4, -0.2) is 35.8 Å². The van der Waals surface area contributed by atoms with Crippen LogP contribution in [-0.2, 0) is 6.54 Å². The van der Waals surface area contributed by atoms with E-state index in [0.717, 1.165) is 38.1 Å². The second-order valence-electron chi connectivity index (χ2n) is 5.33. The molecule has 0 heterocycles. The molecule has 2 atom stereocenters. The minimum absolute atomic E-state index is 0.160. The molecule has 1 aliphatic rings. The number of ether oxygens (including phenoxy) is 1. The Hall–Kier alpha value is -1.06. The highest BCUT2D eigenvalue weighted by Gasteiger charge is 2.27. The fourth-order valence-corrected chi connectivity index (χ4v) is 2.95. The maximum atomic E-state index is 10.2. The van der Waals surface area contributed by atoms with Gasteiger partial charge in [0.05, 0.1) is 13.2 Å². The summed E-state index contributed by atoms with van der Waals surface area (Å²) in [5, 5.41) is 10.2. The molecule has 1 aromatic rings. The highest BCUT2D eigenvalue weighted by molar-refractivity contribution is 5.27. The first-order valence-electron chi connectivity index (χ1n) is 7.29. The number of hydrogen-bond acceptors (Lipinski definition) is 3. The van der Waals surface area contributed by atoms with E-state index in [4.69, 9.17) is 4.74 Å². The lowest BCUT2D eigenvalue weighted by Gasteiger charge is -2.37. The number of nitrogens with zero attached hydrogens (tertiary/aromatic N) is 1. The lowest BCUT2D eigenvalue weighted by Crippen LogP contribution is -2.44. The number of methoxy groups -OCH3 is 1. The van der Waals surface area contributed by atoms with E-state index in [1.165, 1.54) is 12.0 Å². The minimum atomic E-state index is -0.160. The molecule has 1 N–H and O–H groups in total. The molecule has 2 rings (SSSR count). The van der Waals surface area contributed by atoms with E-state index in [-0.39, 0.29) is 6.10 Å². The van der Waals surface area contributed by atoms with Crippen LogP contribution in [0, 0.1) is 0 Å². The van der Waals surface area contributed by atoms with Gasteiger partial charge in [-0.1, -0.05) is 31.9 Å². The van der Waals surface area contributed by atoms with Crippen molar-refractivity contribution < 1.29 is 9.84 Å². The summed E-state index contributed by atoms with van der Waals surface area (Å²) in [6.07, 6.45) is 4.31. The van der Waals surface area contributed by atoms with E-state index in [2.05, 4.69) is 24.0 Å². The maximum Gasteiger partial charge on any atom is 0.118 e. The minimum Gasteiger partial charge on any atom is -0.497 e. The van der Waals surface area contributed by atoms with Crippen LogP contribution in [0.1, 0.15) is 38.2 Å². The molecule has 1 aliphatic carbocycles. The van der Waals surface area contributed by atoms with Gasteiger partial charge in [0.2, 0.25) is 0 Å². The quantitative estimate of drug-likeness (QED) is 0.886. The second-order valence-corrected chi connectivity index (χ2v) is 5.33. The lowest BCUT2D eigenvalue weighted by atomic mass is 9.91. The van der Waals surface area contributed by atoms with Crippen molar-refractivity contribution in [2.24, 2.45) is 0 Å². The number of benzene rings is 1. The summed E-state index contributed by atoms with van der Waals surface area (Å²) in [6, 6.07) is 8.54. The third kappa shape index (κ3) is 3.71. The fourth-order valence-electron chi connectivity index (χ4n) is 2.95. The summed E-state index contributed by atoms with van der Waals surface area (Å²) in [5.41, 5.74) is 1.28. The number of aliphatic hydroxyl groups is 1. The zero-order valence-corrected chi connectivity index (χ0v) is 12.0. The molecule has 0 amide bonds. The smallest absolute Gasteiger partial charge is 0.118 e. The van der Waals surface area contributed by atoms with Gasteiger partial charge in [-0.2, -0.15) is 0 Å². The van der Waals surface area contributed by atoms with Gasteiger partial charge in [-0.3, -0.25) is 4.90 Å². The highest BCUT2D eigenvalue weighted by atomic mass is 16.5. The Morgan fingerprint density at radius 1 is 1.21 bits per heavy atom. The first kappa shape index (κ1) is 14.4. The molecule has 3 heteroatoms. The molecule has 0 aromatic heterocycles. The van der Waals surface area contributed by atoms with Crippen LogP contribution in [0.15, 0.2) is 24.3 Å². The van der Waals surface area contributed by atoms with Gasteiger partial charge < -0.3 is 9.84 Å². The summed E-state index contributed by atoms with van der Waals surface area (Å²) >= 11 is 0. The lowest BCUT2D eigenvalue weighted by molar-refractivity contribution is 0.0182. The summed E-state index contributed by atoms with van der Waals surface area (Å²) in [7, 11) is 1.69. The highest BCUT2D eigenvalue weighted by Crippen LogP contribution is 2.24. The van der Waals surface area contributed by atoms with Crippen LogP contribution in [0.25, 0.3) is 0 Å². The average Bonchev–Trinajstić information content (AvgIpc) is 2.46. The largest absolute Gasteiger partial charge is 0.497 e. The Bertz CT molecular complexity index is 377. The van der Waals surface area contributed by atoms with Crippen molar-refractivity contribution in [3.63, 3.8) is 0 Å². The van der Waals surface area contributed by atoms with Gasteiger partial charge in [-0.15, -0.1) is 0 Å². The van der Waals surface area contributed by atoms with Crippen molar-refractivity contribution in [1.29, 1.82) is 0 Å². The molecule has 0 radical (unpaired) electrons. The Morgan fingerprint density at radius 3 is 2.47 bits per heavy atom. The van der Waals surface area contributed by atoms with Crippen molar-refractivity contribution in [3.05, 3.63) is 29.8 Å². The molecular weight excluding hydrogens is 238 g/mol. The predicted octanol–water partition coefficient (Wildman–Crippen LogP) is 2.82. The van der Waals surface area contributed by atoms with Crippen LogP contribution in [0.2, 0.25) is 0 Å². The Balaban J connectivity index is 2.00. The van der Waals surface area contributed by atoms with Crippen molar-refractivity contribution in [1.82, 2.24) is 4.90 Å². The van der Waals surface area contributed by atoms with Crippen LogP contribution in [0.4, 0.5) is 0 Å². The molecule has 0 aliphatic heterocycles. The molecular formula is C16H25NO2. The van der Waals surface area contributed by atoms with Gasteiger partial charge in [0, 0.05) is 12.6 Å².